The molecule has 0 unspecified atom stereocenters. The largest absolute Gasteiger partial charge is 0.432 e. The molecule has 0 fully saturated rings. The van der Waals surface area contributed by atoms with Gasteiger partial charge in [-0.1, -0.05) is 15.9 Å². The summed E-state index contributed by atoms with van der Waals surface area (Å²) < 4.78 is 85.6. The van der Waals surface area contributed by atoms with Gasteiger partial charge in [-0.15, -0.1) is 0 Å². The zero-order valence-electron chi connectivity index (χ0n) is 10.8. The molecule has 2 aromatic rings. The first-order chi connectivity index (χ1) is 10.7. The average molecular weight is 396 g/mol. The minimum absolute atomic E-state index is 0.123. The highest BCUT2D eigenvalue weighted by molar-refractivity contribution is 9.10. The van der Waals surface area contributed by atoms with Gasteiger partial charge in [0, 0.05) is 16.6 Å². The SMILES string of the molecule is N#Cc1c(F)cc(OC(F)(F)c2c(F)cc(Br)cc2F)cc1F. The van der Waals surface area contributed by atoms with Crippen LogP contribution in [0.4, 0.5) is 26.3 Å². The first-order valence-corrected chi connectivity index (χ1v) is 6.56. The lowest BCUT2D eigenvalue weighted by Crippen LogP contribution is -2.25. The molecule has 0 aromatic heterocycles. The van der Waals surface area contributed by atoms with E-state index < -0.39 is 46.3 Å². The molecule has 0 bridgehead atoms. The van der Waals surface area contributed by atoms with E-state index in [1.165, 1.54) is 6.07 Å². The van der Waals surface area contributed by atoms with Crippen molar-refractivity contribution < 1.29 is 31.1 Å². The molecule has 0 amide bonds. The Balaban J connectivity index is 2.45. The zero-order valence-corrected chi connectivity index (χ0v) is 12.4. The maximum atomic E-state index is 13.9. The molecule has 2 nitrogen and oxygen atoms in total. The lowest BCUT2D eigenvalue weighted by molar-refractivity contribution is -0.189. The Morgan fingerprint density at radius 3 is 1.83 bits per heavy atom. The van der Waals surface area contributed by atoms with E-state index in [-0.39, 0.29) is 4.47 Å². The summed E-state index contributed by atoms with van der Waals surface area (Å²) in [4.78, 5) is 0. The van der Waals surface area contributed by atoms with Crippen molar-refractivity contribution >= 4 is 15.9 Å². The van der Waals surface area contributed by atoms with Crippen molar-refractivity contribution in [1.82, 2.24) is 0 Å². The van der Waals surface area contributed by atoms with Crippen molar-refractivity contribution in [3.05, 3.63) is 63.1 Å². The van der Waals surface area contributed by atoms with Crippen molar-refractivity contribution in [2.24, 2.45) is 0 Å². The normalized spacial score (nSPS) is 11.2. The molecule has 0 aliphatic heterocycles. The van der Waals surface area contributed by atoms with Gasteiger partial charge >= 0.3 is 6.11 Å². The number of alkyl halides is 2. The van der Waals surface area contributed by atoms with Gasteiger partial charge in [0.05, 0.1) is 0 Å². The highest BCUT2D eigenvalue weighted by atomic mass is 79.9. The summed E-state index contributed by atoms with van der Waals surface area (Å²) in [6, 6.07) is 2.97. The van der Waals surface area contributed by atoms with Gasteiger partial charge in [-0.25, -0.2) is 17.6 Å². The van der Waals surface area contributed by atoms with Crippen LogP contribution in [0.2, 0.25) is 0 Å². The van der Waals surface area contributed by atoms with Crippen molar-refractivity contribution in [2.75, 3.05) is 0 Å². The summed E-state index contributed by atoms with van der Waals surface area (Å²) >= 11 is 2.72. The van der Waals surface area contributed by atoms with Crippen LogP contribution < -0.4 is 4.74 Å². The molecule has 0 saturated carbocycles. The Hall–Kier alpha value is -2.21. The van der Waals surface area contributed by atoms with Gasteiger partial charge in [-0.3, -0.25) is 0 Å². The topological polar surface area (TPSA) is 33.0 Å². The maximum absolute atomic E-state index is 13.9. The first kappa shape index (κ1) is 17.1. The maximum Gasteiger partial charge on any atom is 0.432 e. The summed E-state index contributed by atoms with van der Waals surface area (Å²) in [6.45, 7) is 0. The van der Waals surface area contributed by atoms with E-state index in [9.17, 15) is 26.3 Å². The van der Waals surface area contributed by atoms with Crippen LogP contribution in [0.15, 0.2) is 28.7 Å². The third-order valence-corrected chi connectivity index (χ3v) is 3.13. The van der Waals surface area contributed by atoms with Gasteiger partial charge in [-0.2, -0.15) is 14.0 Å². The van der Waals surface area contributed by atoms with Gasteiger partial charge in [0.2, 0.25) is 0 Å². The summed E-state index contributed by atoms with van der Waals surface area (Å²) in [5.41, 5.74) is -2.72. The summed E-state index contributed by atoms with van der Waals surface area (Å²) in [5.74, 6) is -7.16. The molecule has 2 rings (SSSR count). The third-order valence-electron chi connectivity index (χ3n) is 2.67. The van der Waals surface area contributed by atoms with Crippen LogP contribution in [0.1, 0.15) is 11.1 Å². The van der Waals surface area contributed by atoms with Crippen molar-refractivity contribution in [3.8, 4) is 11.8 Å². The fourth-order valence-corrected chi connectivity index (χ4v) is 2.14. The van der Waals surface area contributed by atoms with Crippen molar-refractivity contribution in [1.29, 1.82) is 5.26 Å². The molecule has 0 atom stereocenters. The Morgan fingerprint density at radius 2 is 1.39 bits per heavy atom. The van der Waals surface area contributed by atoms with Gasteiger partial charge in [0.25, 0.3) is 0 Å². The number of nitriles is 1. The van der Waals surface area contributed by atoms with Gasteiger partial charge < -0.3 is 4.74 Å². The molecule has 0 aliphatic carbocycles. The summed E-state index contributed by atoms with van der Waals surface area (Å²) in [6.07, 6.45) is -4.54. The van der Waals surface area contributed by atoms with Gasteiger partial charge in [-0.05, 0) is 12.1 Å². The molecule has 2 aromatic carbocycles. The van der Waals surface area contributed by atoms with Crippen LogP contribution in [-0.2, 0) is 6.11 Å². The Labute approximate surface area is 134 Å². The van der Waals surface area contributed by atoms with E-state index in [4.69, 9.17) is 5.26 Å². The highest BCUT2D eigenvalue weighted by Crippen LogP contribution is 2.36. The minimum Gasteiger partial charge on any atom is -0.429 e. The first-order valence-electron chi connectivity index (χ1n) is 5.76. The molecule has 23 heavy (non-hydrogen) atoms. The monoisotopic (exact) mass is 395 g/mol. The smallest absolute Gasteiger partial charge is 0.429 e. The van der Waals surface area contributed by atoms with E-state index in [0.29, 0.717) is 24.3 Å². The number of benzene rings is 2. The van der Waals surface area contributed by atoms with E-state index in [1.807, 2.05) is 0 Å². The highest BCUT2D eigenvalue weighted by Gasteiger charge is 2.41. The molecule has 0 heterocycles. The summed E-state index contributed by atoms with van der Waals surface area (Å²) in [5, 5.41) is 8.48. The number of hydrogen-bond donors (Lipinski definition) is 0. The second-order valence-corrected chi connectivity index (χ2v) is 5.15. The number of rotatable bonds is 3. The van der Waals surface area contributed by atoms with Crippen LogP contribution >= 0.6 is 15.9 Å². The lowest BCUT2D eigenvalue weighted by Gasteiger charge is -2.19. The van der Waals surface area contributed by atoms with E-state index >= 15 is 0 Å². The zero-order chi connectivity index (χ0) is 17.4. The van der Waals surface area contributed by atoms with Crippen LogP contribution in [0.3, 0.4) is 0 Å². The van der Waals surface area contributed by atoms with Gasteiger partial charge in [0.15, 0.2) is 0 Å². The van der Waals surface area contributed by atoms with E-state index in [2.05, 4.69) is 20.7 Å². The fraction of sp³-hybridized carbons (Fsp3) is 0.0714. The van der Waals surface area contributed by atoms with E-state index in [0.717, 1.165) is 0 Å². The molecule has 0 saturated heterocycles. The Kier molecular flexibility index (Phi) is 4.56. The molecular formula is C14H4BrF6NO. The molecule has 0 radical (unpaired) electrons. The number of hydrogen-bond acceptors (Lipinski definition) is 2. The lowest BCUT2D eigenvalue weighted by atomic mass is 10.1. The molecule has 0 aliphatic rings. The predicted octanol–water partition coefficient (Wildman–Crippen LogP) is 5.01. The number of nitrogens with zero attached hydrogens (tertiary/aromatic N) is 1. The molecule has 120 valence electrons. The number of halogens is 7. The fourth-order valence-electron chi connectivity index (χ4n) is 1.73. The quantitative estimate of drug-likeness (QED) is 0.684. The predicted molar refractivity (Wildman–Crippen MR) is 69.7 cm³/mol. The van der Waals surface area contributed by atoms with Crippen LogP contribution in [0, 0.1) is 34.6 Å². The van der Waals surface area contributed by atoms with Crippen molar-refractivity contribution in [3.63, 3.8) is 0 Å². The van der Waals surface area contributed by atoms with Crippen LogP contribution in [0.5, 0.6) is 5.75 Å². The van der Waals surface area contributed by atoms with Crippen LogP contribution in [0.25, 0.3) is 0 Å². The molecule has 0 N–H and O–H groups in total. The molecular weight excluding hydrogens is 392 g/mol. The summed E-state index contributed by atoms with van der Waals surface area (Å²) in [7, 11) is 0. The second kappa shape index (κ2) is 6.12. The number of ether oxygens (including phenoxy) is 1. The Morgan fingerprint density at radius 1 is 0.913 bits per heavy atom. The third kappa shape index (κ3) is 3.42. The van der Waals surface area contributed by atoms with Crippen LogP contribution in [-0.4, -0.2) is 0 Å². The molecule has 9 heteroatoms. The minimum atomic E-state index is -4.54. The average Bonchev–Trinajstić information content (AvgIpc) is 2.35. The van der Waals surface area contributed by atoms with Gasteiger partial charge in [0.1, 0.15) is 46.2 Å². The van der Waals surface area contributed by atoms with Crippen molar-refractivity contribution in [2.45, 2.75) is 6.11 Å². The van der Waals surface area contributed by atoms with E-state index in [1.54, 1.807) is 0 Å². The standard InChI is InChI=1S/C14H4BrF6NO/c15-6-1-11(18)13(12(19)2-6)14(20,21)23-7-3-9(16)8(5-22)10(17)4-7/h1-4H. The molecule has 0 spiro atoms. The second-order valence-electron chi connectivity index (χ2n) is 4.24. The Bertz CT molecular complexity index is 771.